The molecular weight excluding hydrogens is 1130 g/mol. The van der Waals surface area contributed by atoms with Gasteiger partial charge in [0.15, 0.2) is 0 Å². The first kappa shape index (κ1) is 51.7. The first-order valence-corrected chi connectivity index (χ1v) is 32.0. The number of aromatic nitrogens is 1. The van der Waals surface area contributed by atoms with Gasteiger partial charge in [-0.2, -0.15) is 0 Å². The van der Waals surface area contributed by atoms with Crippen molar-refractivity contribution >= 4 is 149 Å². The predicted octanol–water partition coefficient (Wildman–Crippen LogP) is 19.1. The summed E-state index contributed by atoms with van der Waals surface area (Å²) in [5.74, 6) is 10.00. The summed E-state index contributed by atoms with van der Waals surface area (Å²) < 4.78 is 2.48. The van der Waals surface area contributed by atoms with Crippen molar-refractivity contribution in [2.75, 3.05) is 38.5 Å². The number of nitrogens with zero attached hydrogens (tertiary/aromatic N) is 9. The number of anilines is 12. The van der Waals surface area contributed by atoms with Crippen molar-refractivity contribution in [3.05, 3.63) is 322 Å². The zero-order chi connectivity index (χ0) is 59.7. The second-order valence-corrected chi connectivity index (χ2v) is 25.0. The Labute approximate surface area is 533 Å². The summed E-state index contributed by atoms with van der Waals surface area (Å²) >= 11 is 1.81. The van der Waals surface area contributed by atoms with E-state index in [9.17, 15) is 0 Å². The summed E-state index contributed by atoms with van der Waals surface area (Å²) in [5, 5.41) is 7.55. The van der Waals surface area contributed by atoms with Gasteiger partial charge in [0.25, 0.3) is 0 Å². The summed E-state index contributed by atoms with van der Waals surface area (Å²) in [6.45, 7) is 0.452. The van der Waals surface area contributed by atoms with Gasteiger partial charge in [0, 0.05) is 38.7 Å². The lowest BCUT2D eigenvalue weighted by Gasteiger charge is -2.27. The van der Waals surface area contributed by atoms with E-state index in [0.717, 1.165) is 5.82 Å². The number of rotatable bonds is 6. The molecule has 0 spiro atoms. The quantitative estimate of drug-likeness (QED) is 0.120. The maximum atomic E-state index is 4.98. The maximum Gasteiger partial charge on any atom is 0.413 e. The fourth-order valence-electron chi connectivity index (χ4n) is 15.2. The average Bonchev–Trinajstić information content (AvgIpc) is 0.918. The molecule has 10 heterocycles. The Morgan fingerprint density at radius 2 is 0.604 bits per heavy atom. The molecule has 0 unspecified atom stereocenters. The molecule has 0 bridgehead atoms. The highest BCUT2D eigenvalue weighted by Gasteiger charge is 2.43. The van der Waals surface area contributed by atoms with Crippen molar-refractivity contribution in [3.63, 3.8) is 0 Å². The van der Waals surface area contributed by atoms with Crippen molar-refractivity contribution in [3.8, 4) is 22.3 Å². The number of fused-ring (bicyclic) bond motifs is 17. The van der Waals surface area contributed by atoms with Gasteiger partial charge < -0.3 is 38.5 Å². The van der Waals surface area contributed by atoms with Crippen LogP contribution >= 0.6 is 11.3 Å². The number of thiophene rings is 1. The minimum Gasteiger partial charge on any atom is -0.367 e. The van der Waals surface area contributed by atoms with E-state index in [0.29, 0.717) is 0 Å². The van der Waals surface area contributed by atoms with E-state index in [-0.39, 0.29) is 27.9 Å². The summed E-state index contributed by atoms with van der Waals surface area (Å²) in [5.41, 5.74) is 18.3. The van der Waals surface area contributed by atoms with Crippen LogP contribution in [0.15, 0.2) is 322 Å². The average molecular weight is 1180 g/mol. The van der Waals surface area contributed by atoms with Crippen LogP contribution in [0.1, 0.15) is 0 Å². The smallest absolute Gasteiger partial charge is 0.367 e. The van der Waals surface area contributed by atoms with Crippen LogP contribution in [0.2, 0.25) is 0 Å². The minimum absolute atomic E-state index is 0.0797. The molecule has 0 atom stereocenters. The van der Waals surface area contributed by atoms with E-state index in [1.54, 1.807) is 0 Å². The standard InChI is InChI=1S/C46H32B2N4.C31H21B2N5S/c1-2-14-38-37(13-1)45(33-21-25-35(26-22-33)51-43-19-7-5-17-41(43)49-31-11-9-29-47(49)51)39-15-3-4-16-40(39)46(38)34-23-27-36(28-24-34)52-44-20-8-6-18-42(44)50-32-12-10-30-48(50)52;1-3-11-27-25(9-1)35-17-7-5-15-32(35)37(27)22-13-14-29-23(19-22)24-20-31(34-21-30(24)39-29)38-28-12-4-2-10-26(28)36-18-8-6-16-33(36)38/h1-32H;1-21H. The Kier molecular flexibility index (Phi) is 11.7. The molecule has 12 aromatic rings. The van der Waals surface area contributed by atoms with Crippen molar-refractivity contribution in [1.82, 2.24) is 4.98 Å². The van der Waals surface area contributed by atoms with Crippen LogP contribution in [-0.4, -0.2) is 32.9 Å². The highest BCUT2D eigenvalue weighted by Crippen LogP contribution is 2.51. The van der Waals surface area contributed by atoms with Gasteiger partial charge in [-0.1, -0.05) is 170 Å². The van der Waals surface area contributed by atoms with Crippen molar-refractivity contribution in [1.29, 1.82) is 0 Å². The molecule has 20 rings (SSSR count). The van der Waals surface area contributed by atoms with E-state index in [1.807, 2.05) is 17.5 Å². The van der Waals surface area contributed by atoms with E-state index >= 15 is 0 Å². The third-order valence-electron chi connectivity index (χ3n) is 19.1. The fraction of sp³-hybridized carbons (Fsp3) is 0. The third kappa shape index (κ3) is 7.98. The Balaban J connectivity index is 0.000000136. The van der Waals surface area contributed by atoms with Gasteiger partial charge in [0.2, 0.25) is 0 Å². The normalized spacial score (nSPS) is 15.7. The van der Waals surface area contributed by atoms with Crippen molar-refractivity contribution < 1.29 is 0 Å². The highest BCUT2D eigenvalue weighted by atomic mass is 32.1. The monoisotopic (exact) mass is 1180 g/mol. The van der Waals surface area contributed by atoms with Crippen LogP contribution in [-0.2, 0) is 0 Å². The van der Waals surface area contributed by atoms with E-state index in [1.165, 1.54) is 127 Å². The van der Waals surface area contributed by atoms with E-state index < -0.39 is 0 Å². The van der Waals surface area contributed by atoms with Gasteiger partial charge in [-0.3, -0.25) is 0 Å². The topological polar surface area (TPSA) is 38.8 Å². The number of benzene rings is 10. The van der Waals surface area contributed by atoms with E-state index in [2.05, 4.69) is 354 Å². The summed E-state index contributed by atoms with van der Waals surface area (Å²) in [7, 11) is 0. The second kappa shape index (κ2) is 20.6. The van der Waals surface area contributed by atoms with Crippen LogP contribution < -0.4 is 38.5 Å². The Morgan fingerprint density at radius 1 is 0.275 bits per heavy atom. The molecule has 10 aromatic carbocycles. The number of hydrogen-bond donors (Lipinski definition) is 0. The van der Waals surface area contributed by atoms with Crippen molar-refractivity contribution in [2.24, 2.45) is 0 Å². The van der Waals surface area contributed by atoms with Gasteiger partial charge in [-0.15, -0.1) is 11.3 Å². The molecule has 424 valence electrons. The molecular formula is C77H53B4N9S. The second-order valence-electron chi connectivity index (χ2n) is 23.9. The molecule has 2 aromatic heterocycles. The summed E-state index contributed by atoms with van der Waals surface area (Å²) in [4.78, 5) is 24.0. The predicted molar refractivity (Wildman–Crippen MR) is 390 cm³/mol. The molecule has 14 heteroatoms. The third-order valence-corrected chi connectivity index (χ3v) is 20.2. The first-order valence-electron chi connectivity index (χ1n) is 31.2. The molecule has 9 nitrogen and oxygen atoms in total. The maximum absolute atomic E-state index is 4.98. The molecule has 8 aliphatic heterocycles. The van der Waals surface area contributed by atoms with Crippen LogP contribution in [0.5, 0.6) is 0 Å². The van der Waals surface area contributed by atoms with Crippen LogP contribution in [0.3, 0.4) is 0 Å². The van der Waals surface area contributed by atoms with Gasteiger partial charge in [0.05, 0.1) is 50.2 Å². The van der Waals surface area contributed by atoms with Crippen LogP contribution in [0.4, 0.5) is 68.4 Å². The molecule has 91 heavy (non-hydrogen) atoms. The Bertz CT molecular complexity index is 4890. The van der Waals surface area contributed by atoms with Gasteiger partial charge in [0.1, 0.15) is 5.82 Å². The van der Waals surface area contributed by atoms with Crippen LogP contribution in [0, 0.1) is 0 Å². The molecule has 0 saturated carbocycles. The highest BCUT2D eigenvalue weighted by molar-refractivity contribution is 7.25. The first-order chi connectivity index (χ1) is 45.2. The summed E-state index contributed by atoms with van der Waals surface area (Å²) in [6.07, 6.45) is 27.7. The molecule has 0 N–H and O–H groups in total. The SMILES string of the molecule is C1=CB2N(C=C1)c1ccccc1N2c1ccc(-c2c3ccccc3c(-c3ccc(N4B5C=CC=CN5c5ccccc54)cc3)c3ccccc23)cc1.C1=CB2N(C=C1)c1ccccc1N2c1ccc2sc3cnc(N4B5C=CC=CN5c5ccccc54)cc3c2c1. The lowest BCUT2D eigenvalue weighted by atomic mass is 9.71. The molecule has 8 aliphatic rings. The Hall–Kier alpha value is -11.3. The molecule has 0 amide bonds. The van der Waals surface area contributed by atoms with Crippen LogP contribution in [0.25, 0.3) is 64.0 Å². The fourth-order valence-corrected chi connectivity index (χ4v) is 16.2. The molecule has 0 radical (unpaired) electrons. The largest absolute Gasteiger partial charge is 0.413 e. The lowest BCUT2D eigenvalue weighted by molar-refractivity contribution is 1.26. The number of allylic oxidation sites excluding steroid dienone is 8. The summed E-state index contributed by atoms with van der Waals surface area (Å²) in [6, 6.07) is 79.9. The zero-order valence-corrected chi connectivity index (χ0v) is 50.2. The molecule has 0 saturated heterocycles. The molecule has 0 fully saturated rings. The molecule has 0 aliphatic carbocycles. The number of pyridine rings is 1. The van der Waals surface area contributed by atoms with Crippen molar-refractivity contribution in [2.45, 2.75) is 0 Å². The number of hydrogen-bond acceptors (Lipinski definition) is 10. The van der Waals surface area contributed by atoms with Gasteiger partial charge in [-0.25, -0.2) is 4.98 Å². The lowest BCUT2D eigenvalue weighted by Crippen LogP contribution is -2.43. The minimum atomic E-state index is 0.0797. The Morgan fingerprint density at radius 3 is 1.01 bits per heavy atom. The number of para-hydroxylation sites is 8. The van der Waals surface area contributed by atoms with E-state index in [4.69, 9.17) is 4.98 Å². The zero-order valence-electron chi connectivity index (χ0n) is 49.3. The van der Waals surface area contributed by atoms with Gasteiger partial charge in [-0.05, 0) is 190 Å². The van der Waals surface area contributed by atoms with Gasteiger partial charge >= 0.3 is 27.9 Å².